The van der Waals surface area contributed by atoms with E-state index in [1.165, 1.54) is 6.26 Å². The summed E-state index contributed by atoms with van der Waals surface area (Å²) < 4.78 is 26.9. The van der Waals surface area contributed by atoms with Crippen molar-refractivity contribution < 1.29 is 8.42 Å². The fourth-order valence-electron chi connectivity index (χ4n) is 3.79. The van der Waals surface area contributed by atoms with Crippen LogP contribution >= 0.6 is 24.0 Å². The second kappa shape index (κ2) is 10.9. The number of aryl methyl sites for hydroxylation is 2. The number of aromatic nitrogens is 3. The number of fused-ring (bicyclic) bond motifs is 1. The Balaban J connectivity index is 0.00000300. The Kier molecular flexibility index (Phi) is 9.14. The van der Waals surface area contributed by atoms with Crippen molar-refractivity contribution in [1.82, 2.24) is 29.7 Å². The summed E-state index contributed by atoms with van der Waals surface area (Å²) in [6.45, 7) is 7.66. The van der Waals surface area contributed by atoms with Crippen LogP contribution in [0.25, 0.3) is 0 Å². The number of sulfonamides is 1. The fourth-order valence-corrected chi connectivity index (χ4v) is 4.66. The first kappa shape index (κ1) is 24.3. The molecule has 0 radical (unpaired) electrons. The molecular formula is C18H34IN7O2S. The molecule has 2 aliphatic heterocycles. The fraction of sp³-hybridized carbons (Fsp3) is 0.833. The predicted octanol–water partition coefficient (Wildman–Crippen LogP) is 1.00. The summed E-state index contributed by atoms with van der Waals surface area (Å²) in [5.41, 5.74) is 0. The van der Waals surface area contributed by atoms with Crippen LogP contribution in [0, 0.1) is 5.92 Å². The maximum absolute atomic E-state index is 11.6. The van der Waals surface area contributed by atoms with Gasteiger partial charge in [-0.2, -0.15) is 5.10 Å². The minimum absolute atomic E-state index is 0. The third kappa shape index (κ3) is 6.78. The van der Waals surface area contributed by atoms with Crippen molar-refractivity contribution in [2.45, 2.75) is 58.5 Å². The van der Waals surface area contributed by atoms with Crippen molar-refractivity contribution in [2.75, 3.05) is 32.4 Å². The molecule has 1 aromatic rings. The summed E-state index contributed by atoms with van der Waals surface area (Å²) >= 11 is 0. The molecule has 1 aromatic heterocycles. The molecule has 2 aliphatic rings. The first-order valence-electron chi connectivity index (χ1n) is 10.3. The SMILES string of the molecule is CCNC(=NCC1CCN(S(C)(=O)=O)CC1)NC1CCc2nc(CC)nn2C1.I. The van der Waals surface area contributed by atoms with Gasteiger partial charge in [-0.15, -0.1) is 24.0 Å². The van der Waals surface area contributed by atoms with Crippen molar-refractivity contribution in [2.24, 2.45) is 10.9 Å². The number of aliphatic imine (C=N–C) groups is 1. The first-order valence-corrected chi connectivity index (χ1v) is 12.2. The summed E-state index contributed by atoms with van der Waals surface area (Å²) in [6.07, 6.45) is 5.81. The van der Waals surface area contributed by atoms with E-state index in [1.807, 2.05) is 4.68 Å². The molecule has 1 atom stereocenters. The lowest BCUT2D eigenvalue weighted by molar-refractivity contribution is 0.280. The summed E-state index contributed by atoms with van der Waals surface area (Å²) in [5.74, 6) is 3.25. The number of nitrogens with one attached hydrogen (secondary N) is 2. The minimum Gasteiger partial charge on any atom is -0.357 e. The van der Waals surface area contributed by atoms with Gasteiger partial charge in [0.1, 0.15) is 5.82 Å². The van der Waals surface area contributed by atoms with Crippen molar-refractivity contribution in [3.05, 3.63) is 11.6 Å². The highest BCUT2D eigenvalue weighted by Gasteiger charge is 2.25. The van der Waals surface area contributed by atoms with Gasteiger partial charge in [-0.3, -0.25) is 4.99 Å². The lowest BCUT2D eigenvalue weighted by Crippen LogP contribution is -2.47. The van der Waals surface area contributed by atoms with Gasteiger partial charge in [0.05, 0.1) is 12.8 Å². The van der Waals surface area contributed by atoms with Gasteiger partial charge in [0.2, 0.25) is 10.0 Å². The molecule has 9 nitrogen and oxygen atoms in total. The van der Waals surface area contributed by atoms with Crippen LogP contribution in [0.15, 0.2) is 4.99 Å². The van der Waals surface area contributed by atoms with E-state index in [2.05, 4.69) is 34.6 Å². The lowest BCUT2D eigenvalue weighted by Gasteiger charge is -2.30. The van der Waals surface area contributed by atoms with Gasteiger partial charge < -0.3 is 10.6 Å². The van der Waals surface area contributed by atoms with E-state index in [0.717, 1.165) is 62.8 Å². The van der Waals surface area contributed by atoms with E-state index in [9.17, 15) is 8.42 Å². The van der Waals surface area contributed by atoms with E-state index in [0.29, 0.717) is 25.6 Å². The molecule has 2 N–H and O–H groups in total. The van der Waals surface area contributed by atoms with E-state index in [4.69, 9.17) is 4.99 Å². The van der Waals surface area contributed by atoms with Crippen LogP contribution in [0.5, 0.6) is 0 Å². The number of nitrogens with zero attached hydrogens (tertiary/aromatic N) is 5. The predicted molar refractivity (Wildman–Crippen MR) is 125 cm³/mol. The molecule has 0 aliphatic carbocycles. The van der Waals surface area contributed by atoms with Crippen molar-refractivity contribution in [3.8, 4) is 0 Å². The second-order valence-corrected chi connectivity index (χ2v) is 9.67. The number of hydrogen-bond donors (Lipinski definition) is 2. The van der Waals surface area contributed by atoms with Crippen LogP contribution in [0.4, 0.5) is 0 Å². The standard InChI is InChI=1S/C18H33N7O2S.HI/c1-4-16-22-17-7-6-15(13-25(17)23-16)21-18(19-5-2)20-12-14-8-10-24(11-9-14)28(3,26)27;/h14-15H,4-13H2,1-3H3,(H2,19,20,21);1H. The molecule has 3 heterocycles. The normalized spacial score (nSPS) is 21.3. The second-order valence-electron chi connectivity index (χ2n) is 7.68. The first-order chi connectivity index (χ1) is 13.4. The lowest BCUT2D eigenvalue weighted by atomic mass is 9.98. The summed E-state index contributed by atoms with van der Waals surface area (Å²) in [4.78, 5) is 9.35. The molecule has 3 rings (SSSR count). The molecule has 0 spiro atoms. The zero-order chi connectivity index (χ0) is 20.1. The van der Waals surface area contributed by atoms with E-state index >= 15 is 0 Å². The highest BCUT2D eigenvalue weighted by Crippen LogP contribution is 2.19. The van der Waals surface area contributed by atoms with Crippen LogP contribution in [0.3, 0.4) is 0 Å². The average molecular weight is 539 g/mol. The molecule has 1 saturated heterocycles. The molecule has 1 unspecified atom stereocenters. The molecule has 29 heavy (non-hydrogen) atoms. The maximum atomic E-state index is 11.6. The van der Waals surface area contributed by atoms with Gasteiger partial charge >= 0.3 is 0 Å². The van der Waals surface area contributed by atoms with Crippen molar-refractivity contribution in [3.63, 3.8) is 0 Å². The van der Waals surface area contributed by atoms with Crippen molar-refractivity contribution in [1.29, 1.82) is 0 Å². The number of halogens is 1. The van der Waals surface area contributed by atoms with Crippen LogP contribution in [-0.4, -0.2) is 71.9 Å². The van der Waals surface area contributed by atoms with Gasteiger partial charge in [-0.25, -0.2) is 22.4 Å². The van der Waals surface area contributed by atoms with Gasteiger partial charge in [-0.1, -0.05) is 6.92 Å². The topological polar surface area (TPSA) is 105 Å². The highest BCUT2D eigenvalue weighted by molar-refractivity contribution is 14.0. The van der Waals surface area contributed by atoms with Crippen molar-refractivity contribution >= 4 is 40.0 Å². The smallest absolute Gasteiger partial charge is 0.211 e. The van der Waals surface area contributed by atoms with Gasteiger partial charge in [0.25, 0.3) is 0 Å². The van der Waals surface area contributed by atoms with Crippen LogP contribution in [-0.2, 0) is 29.4 Å². The number of rotatable bonds is 6. The maximum Gasteiger partial charge on any atom is 0.211 e. The molecule has 166 valence electrons. The molecular weight excluding hydrogens is 505 g/mol. The Bertz CT molecular complexity index is 788. The molecule has 0 bridgehead atoms. The van der Waals surface area contributed by atoms with Gasteiger partial charge in [0.15, 0.2) is 11.8 Å². The summed E-state index contributed by atoms with van der Waals surface area (Å²) in [5, 5.41) is 11.4. The quantitative estimate of drug-likeness (QED) is 0.318. The molecule has 0 aromatic carbocycles. The summed E-state index contributed by atoms with van der Waals surface area (Å²) in [6, 6.07) is 0.281. The van der Waals surface area contributed by atoms with E-state index < -0.39 is 10.0 Å². The number of guanidine groups is 1. The highest BCUT2D eigenvalue weighted by atomic mass is 127. The van der Waals surface area contributed by atoms with Crippen LogP contribution in [0.1, 0.15) is 44.8 Å². The molecule has 11 heteroatoms. The molecule has 1 fully saturated rings. The third-order valence-corrected chi connectivity index (χ3v) is 6.76. The van der Waals surface area contributed by atoms with Gasteiger partial charge in [0, 0.05) is 45.1 Å². The summed E-state index contributed by atoms with van der Waals surface area (Å²) in [7, 11) is -3.07. The number of piperidine rings is 1. The molecule has 0 amide bonds. The Morgan fingerprint density at radius 1 is 1.24 bits per heavy atom. The molecule has 0 saturated carbocycles. The minimum atomic E-state index is -3.07. The Morgan fingerprint density at radius 2 is 1.97 bits per heavy atom. The average Bonchev–Trinajstić information content (AvgIpc) is 3.08. The van der Waals surface area contributed by atoms with Gasteiger partial charge in [-0.05, 0) is 32.1 Å². The third-order valence-electron chi connectivity index (χ3n) is 5.45. The Morgan fingerprint density at radius 3 is 2.59 bits per heavy atom. The van der Waals surface area contributed by atoms with Crippen LogP contribution in [0.2, 0.25) is 0 Å². The van der Waals surface area contributed by atoms with E-state index in [-0.39, 0.29) is 30.0 Å². The Hall–Kier alpha value is -0.950. The Labute approximate surface area is 191 Å². The zero-order valence-electron chi connectivity index (χ0n) is 17.6. The zero-order valence-corrected chi connectivity index (χ0v) is 20.7. The number of hydrogen-bond acceptors (Lipinski definition) is 5. The van der Waals surface area contributed by atoms with E-state index in [1.54, 1.807) is 4.31 Å². The monoisotopic (exact) mass is 539 g/mol. The van der Waals surface area contributed by atoms with Crippen LogP contribution < -0.4 is 10.6 Å². The largest absolute Gasteiger partial charge is 0.357 e.